The first-order valence-electron chi connectivity index (χ1n) is 6.32. The lowest BCUT2D eigenvalue weighted by atomic mass is 10.1. The molecule has 2 aromatic rings. The van der Waals surface area contributed by atoms with Crippen molar-refractivity contribution < 1.29 is 9.47 Å². The monoisotopic (exact) mass is 355 g/mol. The molecule has 0 saturated heterocycles. The topological polar surface area (TPSA) is 30.5 Å². The van der Waals surface area contributed by atoms with Crippen LogP contribution in [0, 0.1) is 0 Å². The van der Waals surface area contributed by atoms with Crippen LogP contribution in [-0.2, 0) is 6.54 Å². The van der Waals surface area contributed by atoms with Crippen molar-refractivity contribution >= 4 is 27.3 Å². The quantitative estimate of drug-likeness (QED) is 0.833. The molecule has 0 aliphatic heterocycles. The summed E-state index contributed by atoms with van der Waals surface area (Å²) >= 11 is 5.21. The van der Waals surface area contributed by atoms with Crippen LogP contribution >= 0.6 is 27.3 Å². The molecule has 1 N–H and O–H groups in total. The largest absolute Gasteiger partial charge is 0.497 e. The molecule has 1 heterocycles. The number of hydrogen-bond donors (Lipinski definition) is 1. The molecule has 0 amide bonds. The summed E-state index contributed by atoms with van der Waals surface area (Å²) in [4.78, 5) is 1.30. The Kier molecular flexibility index (Phi) is 5.46. The van der Waals surface area contributed by atoms with Crippen LogP contribution in [-0.4, -0.2) is 14.2 Å². The van der Waals surface area contributed by atoms with Gasteiger partial charge in [0.05, 0.1) is 14.2 Å². The molecule has 2 rings (SSSR count). The predicted molar refractivity (Wildman–Crippen MR) is 86.8 cm³/mol. The Labute approximate surface area is 132 Å². The van der Waals surface area contributed by atoms with Gasteiger partial charge in [-0.1, -0.05) is 0 Å². The third kappa shape index (κ3) is 3.75. The molecule has 1 aromatic carbocycles. The van der Waals surface area contributed by atoms with E-state index in [4.69, 9.17) is 9.47 Å². The predicted octanol–water partition coefficient (Wildman–Crippen LogP) is 4.38. The molecule has 3 nitrogen and oxygen atoms in total. The van der Waals surface area contributed by atoms with Crippen LogP contribution in [0.5, 0.6) is 11.5 Å². The smallest absolute Gasteiger partial charge is 0.123 e. The molecule has 0 aliphatic carbocycles. The number of methoxy groups -OCH3 is 2. The Balaban J connectivity index is 2.09. The average Bonchev–Trinajstić information content (AvgIpc) is 2.89. The van der Waals surface area contributed by atoms with Crippen LogP contribution in [0.3, 0.4) is 0 Å². The van der Waals surface area contributed by atoms with Gasteiger partial charge in [0, 0.05) is 32.9 Å². The summed E-state index contributed by atoms with van der Waals surface area (Å²) in [6.45, 7) is 2.96. The van der Waals surface area contributed by atoms with Crippen molar-refractivity contribution in [2.24, 2.45) is 0 Å². The average molecular weight is 356 g/mol. The molecule has 0 radical (unpaired) electrons. The molecule has 0 fully saturated rings. The van der Waals surface area contributed by atoms with Crippen molar-refractivity contribution in [2.75, 3.05) is 14.2 Å². The third-order valence-corrected chi connectivity index (χ3v) is 4.81. The number of hydrogen-bond acceptors (Lipinski definition) is 4. The van der Waals surface area contributed by atoms with E-state index in [1.807, 2.05) is 18.2 Å². The summed E-state index contributed by atoms with van der Waals surface area (Å²) < 4.78 is 11.8. The third-order valence-electron chi connectivity index (χ3n) is 3.11. The van der Waals surface area contributed by atoms with Crippen LogP contribution in [0.25, 0.3) is 0 Å². The second kappa shape index (κ2) is 7.11. The van der Waals surface area contributed by atoms with Gasteiger partial charge in [-0.15, -0.1) is 11.3 Å². The number of benzene rings is 1. The van der Waals surface area contributed by atoms with Gasteiger partial charge in [0.1, 0.15) is 11.5 Å². The lowest BCUT2D eigenvalue weighted by Gasteiger charge is -2.18. The van der Waals surface area contributed by atoms with E-state index in [0.29, 0.717) is 0 Å². The highest BCUT2D eigenvalue weighted by Gasteiger charge is 2.12. The van der Waals surface area contributed by atoms with E-state index in [0.717, 1.165) is 28.1 Å². The molecule has 108 valence electrons. The van der Waals surface area contributed by atoms with E-state index in [9.17, 15) is 0 Å². The molecule has 0 aliphatic rings. The summed E-state index contributed by atoms with van der Waals surface area (Å²) in [7, 11) is 3.36. The highest BCUT2D eigenvalue weighted by Crippen LogP contribution is 2.29. The van der Waals surface area contributed by atoms with E-state index < -0.39 is 0 Å². The first-order chi connectivity index (χ1) is 9.63. The minimum atomic E-state index is 0.181. The van der Waals surface area contributed by atoms with Gasteiger partial charge in [-0.2, -0.15) is 0 Å². The van der Waals surface area contributed by atoms with E-state index in [2.05, 4.69) is 39.6 Å². The minimum Gasteiger partial charge on any atom is -0.497 e. The highest BCUT2D eigenvalue weighted by molar-refractivity contribution is 9.10. The zero-order valence-corrected chi connectivity index (χ0v) is 14.2. The second-order valence-corrected chi connectivity index (χ2v) is 6.35. The second-order valence-electron chi connectivity index (χ2n) is 4.44. The van der Waals surface area contributed by atoms with Crippen molar-refractivity contribution in [3.63, 3.8) is 0 Å². The van der Waals surface area contributed by atoms with Gasteiger partial charge >= 0.3 is 0 Å². The van der Waals surface area contributed by atoms with Crippen LogP contribution < -0.4 is 14.8 Å². The minimum absolute atomic E-state index is 0.181. The molecule has 1 aromatic heterocycles. The van der Waals surface area contributed by atoms with Crippen LogP contribution in [0.4, 0.5) is 0 Å². The molecule has 0 saturated carbocycles. The fourth-order valence-corrected chi connectivity index (χ4v) is 3.39. The van der Waals surface area contributed by atoms with Gasteiger partial charge in [0.15, 0.2) is 0 Å². The van der Waals surface area contributed by atoms with E-state index in [1.165, 1.54) is 4.88 Å². The van der Waals surface area contributed by atoms with Crippen molar-refractivity contribution in [2.45, 2.75) is 19.5 Å². The molecule has 5 heteroatoms. The lowest BCUT2D eigenvalue weighted by molar-refractivity contribution is 0.391. The number of nitrogens with one attached hydrogen (secondary N) is 1. The van der Waals surface area contributed by atoms with Gasteiger partial charge in [0.25, 0.3) is 0 Å². The number of rotatable bonds is 6. The van der Waals surface area contributed by atoms with Crippen molar-refractivity contribution in [3.05, 3.63) is 44.6 Å². The summed E-state index contributed by atoms with van der Waals surface area (Å²) in [5, 5.41) is 5.60. The van der Waals surface area contributed by atoms with Crippen LogP contribution in [0.1, 0.15) is 23.4 Å². The van der Waals surface area contributed by atoms with E-state index in [1.54, 1.807) is 25.6 Å². The number of halogens is 1. The van der Waals surface area contributed by atoms with Crippen LogP contribution in [0.15, 0.2) is 34.1 Å². The van der Waals surface area contributed by atoms with Gasteiger partial charge in [0.2, 0.25) is 0 Å². The summed E-state index contributed by atoms with van der Waals surface area (Å²) in [6, 6.07) is 8.18. The van der Waals surface area contributed by atoms with Gasteiger partial charge in [-0.3, -0.25) is 0 Å². The van der Waals surface area contributed by atoms with Gasteiger partial charge in [-0.25, -0.2) is 0 Å². The maximum Gasteiger partial charge on any atom is 0.123 e. The fraction of sp³-hybridized carbons (Fsp3) is 0.333. The van der Waals surface area contributed by atoms with Gasteiger partial charge < -0.3 is 14.8 Å². The molecule has 0 bridgehead atoms. The fourth-order valence-electron chi connectivity index (χ4n) is 1.99. The maximum absolute atomic E-state index is 5.42. The van der Waals surface area contributed by atoms with Crippen molar-refractivity contribution in [1.82, 2.24) is 5.32 Å². The molecular formula is C15H18BrNO2S. The Morgan fingerprint density at radius 1 is 1.25 bits per heavy atom. The number of ether oxygens (including phenoxy) is 2. The Hall–Kier alpha value is -1.04. The molecule has 1 atom stereocenters. The SMILES string of the molecule is COc1ccc(OC)c(C(C)NCc2cc(Br)cs2)c1. The van der Waals surface area contributed by atoms with Crippen molar-refractivity contribution in [3.8, 4) is 11.5 Å². The van der Waals surface area contributed by atoms with Crippen molar-refractivity contribution in [1.29, 1.82) is 0 Å². The molecule has 20 heavy (non-hydrogen) atoms. The zero-order valence-electron chi connectivity index (χ0n) is 11.8. The molecular weight excluding hydrogens is 338 g/mol. The molecule has 1 unspecified atom stereocenters. The van der Waals surface area contributed by atoms with Crippen LogP contribution in [0.2, 0.25) is 0 Å². The normalized spacial score (nSPS) is 12.2. The first-order valence-corrected chi connectivity index (χ1v) is 7.99. The van der Waals surface area contributed by atoms with E-state index >= 15 is 0 Å². The highest BCUT2D eigenvalue weighted by atomic mass is 79.9. The summed E-state index contributed by atoms with van der Waals surface area (Å²) in [5.74, 6) is 1.71. The zero-order chi connectivity index (χ0) is 14.5. The lowest BCUT2D eigenvalue weighted by Crippen LogP contribution is -2.18. The van der Waals surface area contributed by atoms with E-state index in [-0.39, 0.29) is 6.04 Å². The Morgan fingerprint density at radius 2 is 2.05 bits per heavy atom. The first kappa shape index (κ1) is 15.4. The number of thiophene rings is 1. The maximum atomic E-state index is 5.42. The standard InChI is InChI=1S/C15H18BrNO2S/c1-10(17-8-13-6-11(16)9-20-13)14-7-12(18-2)4-5-15(14)19-3/h4-7,9-10,17H,8H2,1-3H3. The Bertz CT molecular complexity index is 571. The summed E-state index contributed by atoms with van der Waals surface area (Å²) in [5.41, 5.74) is 1.10. The summed E-state index contributed by atoms with van der Waals surface area (Å²) in [6.07, 6.45) is 0. The molecule has 0 spiro atoms. The Morgan fingerprint density at radius 3 is 2.65 bits per heavy atom. The van der Waals surface area contributed by atoms with Gasteiger partial charge in [-0.05, 0) is 47.1 Å².